The van der Waals surface area contributed by atoms with Crippen LogP contribution in [0.4, 0.5) is 5.69 Å². The molecule has 0 spiro atoms. The lowest BCUT2D eigenvalue weighted by atomic mass is 10.2. The summed E-state index contributed by atoms with van der Waals surface area (Å²) in [6.45, 7) is 0.705. The van der Waals surface area contributed by atoms with E-state index < -0.39 is 0 Å². The van der Waals surface area contributed by atoms with E-state index in [2.05, 4.69) is 21.7 Å². The lowest BCUT2D eigenvalue weighted by molar-refractivity contribution is 0.354. The molecule has 0 saturated carbocycles. The third-order valence-electron chi connectivity index (χ3n) is 3.31. The molecule has 0 saturated heterocycles. The number of fused-ring (bicyclic) bond motifs is 1. The first-order valence-electron chi connectivity index (χ1n) is 6.58. The molecule has 3 aromatic rings. The van der Waals surface area contributed by atoms with Crippen LogP contribution >= 0.6 is 11.3 Å². The highest BCUT2D eigenvalue weighted by Crippen LogP contribution is 2.29. The number of hydrogen-bond acceptors (Lipinski definition) is 5. The molecular formula is C16H16N2O2S. The number of benzene rings is 1. The summed E-state index contributed by atoms with van der Waals surface area (Å²) in [7, 11) is 3.28. The molecule has 1 N–H and O–H groups in total. The van der Waals surface area contributed by atoms with Crippen molar-refractivity contribution in [3.63, 3.8) is 0 Å². The summed E-state index contributed by atoms with van der Waals surface area (Å²) in [6, 6.07) is 8.03. The van der Waals surface area contributed by atoms with Gasteiger partial charge in [0.05, 0.1) is 30.8 Å². The Balaban J connectivity index is 1.80. The minimum absolute atomic E-state index is 0.705. The van der Waals surface area contributed by atoms with E-state index in [1.807, 2.05) is 30.6 Å². The smallest absolute Gasteiger partial charge is 0.161 e. The largest absolute Gasteiger partial charge is 0.493 e. The molecule has 2 heterocycles. The van der Waals surface area contributed by atoms with Gasteiger partial charge in [0.25, 0.3) is 0 Å². The highest BCUT2D eigenvalue weighted by Gasteiger charge is 2.06. The van der Waals surface area contributed by atoms with Crippen LogP contribution in [0, 0.1) is 0 Å². The molecule has 0 radical (unpaired) electrons. The topological polar surface area (TPSA) is 43.4 Å². The number of aromatic nitrogens is 1. The Kier molecular flexibility index (Phi) is 3.92. The van der Waals surface area contributed by atoms with E-state index in [4.69, 9.17) is 9.47 Å². The maximum Gasteiger partial charge on any atom is 0.161 e. The Labute approximate surface area is 127 Å². The van der Waals surface area contributed by atoms with Crippen LogP contribution in [0.2, 0.25) is 0 Å². The van der Waals surface area contributed by atoms with Gasteiger partial charge >= 0.3 is 0 Å². The molecule has 108 valence electrons. The van der Waals surface area contributed by atoms with Crippen LogP contribution in [-0.4, -0.2) is 19.2 Å². The van der Waals surface area contributed by atoms with Crippen LogP contribution in [0.15, 0.2) is 42.0 Å². The van der Waals surface area contributed by atoms with Gasteiger partial charge in [0.2, 0.25) is 0 Å². The zero-order valence-electron chi connectivity index (χ0n) is 11.9. The average Bonchev–Trinajstić information content (AvgIpc) is 3.01. The predicted molar refractivity (Wildman–Crippen MR) is 86.5 cm³/mol. The van der Waals surface area contributed by atoms with Gasteiger partial charge in [0.15, 0.2) is 11.5 Å². The van der Waals surface area contributed by atoms with Gasteiger partial charge in [0, 0.05) is 18.1 Å². The van der Waals surface area contributed by atoms with E-state index >= 15 is 0 Å². The van der Waals surface area contributed by atoms with Crippen molar-refractivity contribution in [1.29, 1.82) is 0 Å². The Hall–Kier alpha value is -2.27. The van der Waals surface area contributed by atoms with Crippen LogP contribution in [0.1, 0.15) is 5.56 Å². The van der Waals surface area contributed by atoms with Gasteiger partial charge in [0.1, 0.15) is 0 Å². The van der Waals surface area contributed by atoms with Crippen molar-refractivity contribution in [3.8, 4) is 11.5 Å². The van der Waals surface area contributed by atoms with Gasteiger partial charge in [-0.15, -0.1) is 11.3 Å². The normalized spacial score (nSPS) is 10.6. The molecular weight excluding hydrogens is 284 g/mol. The molecule has 21 heavy (non-hydrogen) atoms. The second-order valence-corrected chi connectivity index (χ2v) is 5.51. The van der Waals surface area contributed by atoms with Crippen molar-refractivity contribution >= 4 is 27.1 Å². The third-order valence-corrected chi connectivity index (χ3v) is 4.16. The number of pyridine rings is 1. The summed E-state index contributed by atoms with van der Waals surface area (Å²) in [5.74, 6) is 1.48. The number of hydrogen-bond donors (Lipinski definition) is 1. The number of ether oxygens (including phenoxy) is 2. The molecule has 4 nitrogen and oxygen atoms in total. The Morgan fingerprint density at radius 2 is 1.95 bits per heavy atom. The standard InChI is InChI=1S/C16H16N2O2S/c1-19-14-4-3-11(7-15(14)20-2)8-18-13-9-17-10-16-12(13)5-6-21-16/h3-7,9-10,18H,8H2,1-2H3. The van der Waals surface area contributed by atoms with E-state index in [1.54, 1.807) is 25.6 Å². The fourth-order valence-corrected chi connectivity index (χ4v) is 3.00. The van der Waals surface area contributed by atoms with Gasteiger partial charge in [-0.3, -0.25) is 4.98 Å². The van der Waals surface area contributed by atoms with E-state index in [0.717, 1.165) is 22.7 Å². The second-order valence-electron chi connectivity index (χ2n) is 4.56. The molecule has 0 aliphatic heterocycles. The molecule has 0 fully saturated rings. The maximum absolute atomic E-state index is 5.32. The number of thiophene rings is 1. The summed E-state index contributed by atoms with van der Waals surface area (Å²) < 4.78 is 11.8. The van der Waals surface area contributed by atoms with Crippen molar-refractivity contribution in [2.24, 2.45) is 0 Å². The lowest BCUT2D eigenvalue weighted by Gasteiger charge is -2.11. The highest BCUT2D eigenvalue weighted by molar-refractivity contribution is 7.17. The van der Waals surface area contributed by atoms with E-state index in [1.165, 1.54) is 10.1 Å². The van der Waals surface area contributed by atoms with Gasteiger partial charge in [-0.2, -0.15) is 0 Å². The average molecular weight is 300 g/mol. The molecule has 2 aromatic heterocycles. The molecule has 1 aromatic carbocycles. The van der Waals surface area contributed by atoms with E-state index in [-0.39, 0.29) is 0 Å². The molecule has 0 atom stereocenters. The quantitative estimate of drug-likeness (QED) is 0.775. The molecule has 0 amide bonds. The summed E-state index contributed by atoms with van der Waals surface area (Å²) in [6.07, 6.45) is 3.75. The van der Waals surface area contributed by atoms with Crippen molar-refractivity contribution < 1.29 is 9.47 Å². The lowest BCUT2D eigenvalue weighted by Crippen LogP contribution is -2.01. The Morgan fingerprint density at radius 3 is 2.76 bits per heavy atom. The maximum atomic E-state index is 5.32. The summed E-state index contributed by atoms with van der Waals surface area (Å²) in [5.41, 5.74) is 2.17. The number of rotatable bonds is 5. The molecule has 3 rings (SSSR count). The first-order chi connectivity index (χ1) is 10.3. The number of anilines is 1. The SMILES string of the molecule is COc1ccc(CNc2cncc3sccc23)cc1OC. The summed E-state index contributed by atoms with van der Waals surface area (Å²) >= 11 is 1.70. The first kappa shape index (κ1) is 13.7. The number of nitrogens with one attached hydrogen (secondary N) is 1. The zero-order valence-corrected chi connectivity index (χ0v) is 12.7. The molecule has 0 bridgehead atoms. The number of methoxy groups -OCH3 is 2. The summed E-state index contributed by atoms with van der Waals surface area (Å²) in [4.78, 5) is 4.26. The van der Waals surface area contributed by atoms with E-state index in [9.17, 15) is 0 Å². The van der Waals surface area contributed by atoms with Gasteiger partial charge < -0.3 is 14.8 Å². The molecule has 0 unspecified atom stereocenters. The molecule has 0 aliphatic carbocycles. The van der Waals surface area contributed by atoms with Crippen LogP contribution in [0.5, 0.6) is 11.5 Å². The van der Waals surface area contributed by atoms with Crippen molar-refractivity contribution in [3.05, 3.63) is 47.6 Å². The monoisotopic (exact) mass is 300 g/mol. The van der Waals surface area contributed by atoms with Crippen LogP contribution in [0.25, 0.3) is 10.1 Å². The molecule has 0 aliphatic rings. The fraction of sp³-hybridized carbons (Fsp3) is 0.188. The fourth-order valence-electron chi connectivity index (χ4n) is 2.22. The van der Waals surface area contributed by atoms with Gasteiger partial charge in [-0.25, -0.2) is 0 Å². The second kappa shape index (κ2) is 6.01. The highest BCUT2D eigenvalue weighted by atomic mass is 32.1. The van der Waals surface area contributed by atoms with Crippen molar-refractivity contribution in [2.75, 3.05) is 19.5 Å². The van der Waals surface area contributed by atoms with Crippen molar-refractivity contribution in [1.82, 2.24) is 4.98 Å². The zero-order chi connectivity index (χ0) is 14.7. The van der Waals surface area contributed by atoms with E-state index in [0.29, 0.717) is 6.54 Å². The number of nitrogens with zero attached hydrogens (tertiary/aromatic N) is 1. The predicted octanol–water partition coefficient (Wildman–Crippen LogP) is 3.93. The third kappa shape index (κ3) is 2.78. The van der Waals surface area contributed by atoms with Crippen LogP contribution in [0.3, 0.4) is 0 Å². The van der Waals surface area contributed by atoms with Crippen LogP contribution < -0.4 is 14.8 Å². The Bertz CT molecular complexity index is 755. The first-order valence-corrected chi connectivity index (χ1v) is 7.46. The van der Waals surface area contributed by atoms with Gasteiger partial charge in [-0.1, -0.05) is 6.07 Å². The van der Waals surface area contributed by atoms with Crippen molar-refractivity contribution in [2.45, 2.75) is 6.54 Å². The minimum atomic E-state index is 0.705. The Morgan fingerprint density at radius 1 is 1.10 bits per heavy atom. The summed E-state index contributed by atoms with van der Waals surface area (Å²) in [5, 5.41) is 6.71. The van der Waals surface area contributed by atoms with Gasteiger partial charge in [-0.05, 0) is 29.1 Å². The molecule has 5 heteroatoms. The van der Waals surface area contributed by atoms with Crippen LogP contribution in [-0.2, 0) is 6.54 Å². The minimum Gasteiger partial charge on any atom is -0.493 e.